The normalized spacial score (nSPS) is 11.4. The lowest BCUT2D eigenvalue weighted by atomic mass is 9.79. The van der Waals surface area contributed by atoms with E-state index < -0.39 is 11.6 Å². The Morgan fingerprint density at radius 1 is 0.694 bits per heavy atom. The van der Waals surface area contributed by atoms with Crippen molar-refractivity contribution in [1.29, 1.82) is 0 Å². The number of hydrogen-bond donors (Lipinski definition) is 3. The van der Waals surface area contributed by atoms with Crippen molar-refractivity contribution in [1.82, 2.24) is 0 Å². The van der Waals surface area contributed by atoms with Crippen LogP contribution in [0.25, 0.3) is 10.8 Å². The van der Waals surface area contributed by atoms with E-state index in [4.69, 9.17) is 4.74 Å². The van der Waals surface area contributed by atoms with Gasteiger partial charge in [-0.05, 0) is 28.0 Å². The minimum Gasteiger partial charge on any atom is -0.507 e. The second kappa shape index (κ2) is 9.56. The van der Waals surface area contributed by atoms with Gasteiger partial charge in [0.25, 0.3) is 0 Å². The van der Waals surface area contributed by atoms with Gasteiger partial charge in [0.1, 0.15) is 29.3 Å². The van der Waals surface area contributed by atoms with Crippen molar-refractivity contribution in [3.8, 4) is 11.5 Å². The molecule has 0 bridgehead atoms. The van der Waals surface area contributed by atoms with Gasteiger partial charge in [0.2, 0.25) is 0 Å². The topological polar surface area (TPSA) is 87.0 Å². The van der Waals surface area contributed by atoms with Gasteiger partial charge < -0.3 is 20.1 Å². The predicted octanol–water partition coefficient (Wildman–Crippen LogP) is 5.89. The molecule has 0 aliphatic heterocycles. The van der Waals surface area contributed by atoms with E-state index in [1.807, 2.05) is 48.5 Å². The number of phenolic OH excluding ortho intramolecular Hbond substituents is 2. The number of hydrogen-bond acceptors (Lipinski definition) is 5. The molecule has 36 heavy (non-hydrogen) atoms. The van der Waals surface area contributed by atoms with E-state index in [-0.39, 0.29) is 29.2 Å². The van der Waals surface area contributed by atoms with Gasteiger partial charge in [-0.1, -0.05) is 109 Å². The van der Waals surface area contributed by atoms with E-state index in [0.717, 1.165) is 5.39 Å². The summed E-state index contributed by atoms with van der Waals surface area (Å²) in [5, 5.41) is 35.0. The second-order valence-corrected chi connectivity index (χ2v) is 8.51. The maximum Gasteiger partial charge on any atom is 0.342 e. The van der Waals surface area contributed by atoms with Crippen molar-refractivity contribution < 1.29 is 24.9 Å². The van der Waals surface area contributed by atoms with Crippen molar-refractivity contribution in [3.05, 3.63) is 143 Å². The van der Waals surface area contributed by atoms with E-state index in [1.54, 1.807) is 60.7 Å². The van der Waals surface area contributed by atoms with Crippen LogP contribution in [0.15, 0.2) is 115 Å². The van der Waals surface area contributed by atoms with Crippen LogP contribution in [-0.4, -0.2) is 21.3 Å². The number of aromatic hydroxyl groups is 2. The first-order valence-electron chi connectivity index (χ1n) is 11.5. The molecule has 0 saturated carbocycles. The molecule has 5 aromatic carbocycles. The Kier molecular flexibility index (Phi) is 6.15. The molecule has 0 aliphatic rings. The molecule has 0 radical (unpaired) electrons. The predicted molar refractivity (Wildman–Crippen MR) is 138 cm³/mol. The van der Waals surface area contributed by atoms with E-state index in [9.17, 15) is 20.1 Å². The molecule has 178 valence electrons. The number of esters is 1. The smallest absolute Gasteiger partial charge is 0.342 e. The quantitative estimate of drug-likeness (QED) is 0.210. The molecule has 5 rings (SSSR count). The van der Waals surface area contributed by atoms with Gasteiger partial charge in [-0.25, -0.2) is 4.79 Å². The number of ether oxygens (including phenoxy) is 1. The third-order valence-electron chi connectivity index (χ3n) is 6.36. The van der Waals surface area contributed by atoms with Crippen LogP contribution in [0.1, 0.15) is 32.6 Å². The van der Waals surface area contributed by atoms with Gasteiger partial charge in [0.15, 0.2) is 0 Å². The first kappa shape index (κ1) is 23.1. The van der Waals surface area contributed by atoms with Crippen LogP contribution in [0.3, 0.4) is 0 Å². The summed E-state index contributed by atoms with van der Waals surface area (Å²) in [6, 6.07) is 33.5. The van der Waals surface area contributed by atoms with Crippen LogP contribution in [0, 0.1) is 0 Å². The summed E-state index contributed by atoms with van der Waals surface area (Å²) >= 11 is 0. The van der Waals surface area contributed by atoms with Gasteiger partial charge in [-0.3, -0.25) is 0 Å². The second-order valence-electron chi connectivity index (χ2n) is 8.51. The Labute approximate surface area is 208 Å². The highest BCUT2D eigenvalue weighted by atomic mass is 16.5. The maximum atomic E-state index is 13.0. The molecule has 5 heteroatoms. The molecule has 0 spiro atoms. The Morgan fingerprint density at radius 2 is 1.31 bits per heavy atom. The zero-order valence-corrected chi connectivity index (χ0v) is 19.3. The van der Waals surface area contributed by atoms with Gasteiger partial charge >= 0.3 is 5.97 Å². The highest BCUT2D eigenvalue weighted by molar-refractivity contribution is 6.06. The molecular formula is C31H24O5. The zero-order chi connectivity index (χ0) is 25.1. The van der Waals surface area contributed by atoms with Gasteiger partial charge in [-0.15, -0.1) is 0 Å². The van der Waals surface area contributed by atoms with Crippen molar-refractivity contribution in [2.75, 3.05) is 0 Å². The Hall–Kier alpha value is -4.61. The summed E-state index contributed by atoms with van der Waals surface area (Å²) in [6.07, 6.45) is 0. The SMILES string of the molecule is O=C(OCc1cccc(C(O)(c2ccccc2)c2ccccc2)c1O)c1c(O)ccc2ccccc12. The fraction of sp³-hybridized carbons (Fsp3) is 0.0645. The number of carbonyl (C=O) groups is 1. The third kappa shape index (κ3) is 4.06. The number of fused-ring (bicyclic) bond motifs is 1. The van der Waals surface area contributed by atoms with Crippen LogP contribution >= 0.6 is 0 Å². The Bertz CT molecular complexity index is 1490. The summed E-state index contributed by atoms with van der Waals surface area (Å²) in [5.41, 5.74) is 0.185. The molecule has 0 heterocycles. The molecule has 3 N–H and O–H groups in total. The van der Waals surface area contributed by atoms with Crippen LogP contribution in [0.2, 0.25) is 0 Å². The van der Waals surface area contributed by atoms with Crippen molar-refractivity contribution >= 4 is 16.7 Å². The molecule has 0 unspecified atom stereocenters. The summed E-state index contributed by atoms with van der Waals surface area (Å²) in [4.78, 5) is 13.0. The highest BCUT2D eigenvalue weighted by Crippen LogP contribution is 2.42. The minimum atomic E-state index is -1.64. The molecule has 0 saturated heterocycles. The van der Waals surface area contributed by atoms with E-state index in [0.29, 0.717) is 22.1 Å². The first-order chi connectivity index (χ1) is 17.5. The number of rotatable bonds is 6. The van der Waals surface area contributed by atoms with Crippen molar-refractivity contribution in [2.24, 2.45) is 0 Å². The summed E-state index contributed by atoms with van der Waals surface area (Å²) < 4.78 is 5.52. The minimum absolute atomic E-state index is 0.0637. The number of para-hydroxylation sites is 1. The van der Waals surface area contributed by atoms with Gasteiger partial charge in [-0.2, -0.15) is 0 Å². The number of carbonyl (C=O) groups excluding carboxylic acids is 1. The number of phenols is 2. The largest absolute Gasteiger partial charge is 0.507 e. The zero-order valence-electron chi connectivity index (χ0n) is 19.3. The van der Waals surface area contributed by atoms with Crippen molar-refractivity contribution in [2.45, 2.75) is 12.2 Å². The number of aliphatic hydroxyl groups is 1. The van der Waals surface area contributed by atoms with Crippen LogP contribution in [0.4, 0.5) is 0 Å². The average Bonchev–Trinajstić information content (AvgIpc) is 2.93. The summed E-state index contributed by atoms with van der Waals surface area (Å²) in [5.74, 6) is -1.07. The van der Waals surface area contributed by atoms with Crippen LogP contribution in [0.5, 0.6) is 11.5 Å². The lowest BCUT2D eigenvalue weighted by Crippen LogP contribution is -2.29. The molecule has 5 nitrogen and oxygen atoms in total. The van der Waals surface area contributed by atoms with Crippen molar-refractivity contribution in [3.63, 3.8) is 0 Å². The third-order valence-corrected chi connectivity index (χ3v) is 6.36. The molecule has 0 aliphatic carbocycles. The Balaban J connectivity index is 1.51. The standard InChI is InChI=1S/C31H24O5/c32-27-19-18-21-10-7-8-16-25(21)28(27)30(34)36-20-22-11-9-17-26(29(22)33)31(35,23-12-3-1-4-13-23)24-14-5-2-6-15-24/h1-19,32-33,35H,20H2. The fourth-order valence-corrected chi connectivity index (χ4v) is 4.53. The molecule has 0 aromatic heterocycles. The average molecular weight is 477 g/mol. The monoisotopic (exact) mass is 476 g/mol. The molecule has 0 fully saturated rings. The first-order valence-corrected chi connectivity index (χ1v) is 11.5. The Morgan fingerprint density at radius 3 is 1.97 bits per heavy atom. The lowest BCUT2D eigenvalue weighted by molar-refractivity contribution is 0.0469. The summed E-state index contributed by atoms with van der Waals surface area (Å²) in [6.45, 7) is -0.249. The molecule has 0 atom stereocenters. The maximum absolute atomic E-state index is 13.0. The fourth-order valence-electron chi connectivity index (χ4n) is 4.53. The van der Waals surface area contributed by atoms with Crippen LogP contribution in [-0.2, 0) is 16.9 Å². The highest BCUT2D eigenvalue weighted by Gasteiger charge is 2.36. The van der Waals surface area contributed by atoms with E-state index in [2.05, 4.69) is 0 Å². The molecule has 5 aromatic rings. The number of benzene rings is 5. The molecular weight excluding hydrogens is 452 g/mol. The van der Waals surface area contributed by atoms with E-state index >= 15 is 0 Å². The summed E-state index contributed by atoms with van der Waals surface area (Å²) in [7, 11) is 0. The van der Waals surface area contributed by atoms with Gasteiger partial charge in [0, 0.05) is 11.1 Å². The van der Waals surface area contributed by atoms with Gasteiger partial charge in [0.05, 0.1) is 0 Å². The van der Waals surface area contributed by atoms with E-state index in [1.165, 1.54) is 6.07 Å². The van der Waals surface area contributed by atoms with Crippen LogP contribution < -0.4 is 0 Å². The lowest BCUT2D eigenvalue weighted by Gasteiger charge is -2.31. The molecule has 0 amide bonds.